The van der Waals surface area contributed by atoms with E-state index in [1.807, 2.05) is 6.92 Å². The number of aliphatic carboxylic acids is 1. The van der Waals surface area contributed by atoms with E-state index in [2.05, 4.69) is 15.9 Å². The lowest BCUT2D eigenvalue weighted by molar-refractivity contribution is -0.152. The molecule has 5 unspecified atom stereocenters. The number of hydrogen-bond acceptors (Lipinski definition) is 3. The summed E-state index contributed by atoms with van der Waals surface area (Å²) < 4.78 is 5.10. The maximum absolute atomic E-state index is 11.4. The molecule has 1 N–H and O–H groups in total. The zero-order chi connectivity index (χ0) is 10.5. The summed E-state index contributed by atoms with van der Waals surface area (Å²) in [5, 5.41) is 9.04. The van der Waals surface area contributed by atoms with Crippen molar-refractivity contribution < 1.29 is 19.4 Å². The molecule has 5 heteroatoms. The molecule has 1 saturated heterocycles. The first-order valence-corrected chi connectivity index (χ1v) is 5.51. The fourth-order valence-corrected chi connectivity index (χ4v) is 3.07. The number of rotatable bonds is 1. The van der Waals surface area contributed by atoms with E-state index in [4.69, 9.17) is 9.84 Å². The van der Waals surface area contributed by atoms with Gasteiger partial charge in [0.25, 0.3) is 0 Å². The SMILES string of the molecule is CC1C(Br)C2CC(C(=O)O2)C1C(=O)O. The topological polar surface area (TPSA) is 63.6 Å². The molecule has 2 bridgehead atoms. The van der Waals surface area contributed by atoms with E-state index in [-0.39, 0.29) is 22.8 Å². The molecule has 2 fully saturated rings. The predicted molar refractivity (Wildman–Crippen MR) is 51.0 cm³/mol. The van der Waals surface area contributed by atoms with Gasteiger partial charge in [0, 0.05) is 0 Å². The summed E-state index contributed by atoms with van der Waals surface area (Å²) >= 11 is 3.40. The van der Waals surface area contributed by atoms with E-state index in [0.29, 0.717) is 6.42 Å². The molecule has 2 aliphatic rings. The molecular weight excluding hydrogens is 252 g/mol. The van der Waals surface area contributed by atoms with Crippen LogP contribution in [0.4, 0.5) is 0 Å². The van der Waals surface area contributed by atoms with E-state index in [9.17, 15) is 9.59 Å². The van der Waals surface area contributed by atoms with Crippen LogP contribution in [0.1, 0.15) is 13.3 Å². The Balaban J connectivity index is 2.31. The van der Waals surface area contributed by atoms with Gasteiger partial charge in [-0.1, -0.05) is 22.9 Å². The van der Waals surface area contributed by atoms with Crippen molar-refractivity contribution in [3.8, 4) is 0 Å². The standard InChI is InChI=1S/C9H11BrO4/c1-3-6(8(11)12)4-2-5(7(3)10)14-9(4)13/h3-7H,2H2,1H3,(H,11,12). The predicted octanol–water partition coefficient (Wildman–Crippen LogP) is 1.03. The van der Waals surface area contributed by atoms with Crippen molar-refractivity contribution in [3.63, 3.8) is 0 Å². The Morgan fingerprint density at radius 1 is 1.64 bits per heavy atom. The molecule has 0 aromatic rings. The summed E-state index contributed by atoms with van der Waals surface area (Å²) in [5.41, 5.74) is 0. The minimum Gasteiger partial charge on any atom is -0.481 e. The number of carboxylic acid groups (broad SMARTS) is 1. The third-order valence-electron chi connectivity index (χ3n) is 3.20. The van der Waals surface area contributed by atoms with Crippen molar-refractivity contribution >= 4 is 27.9 Å². The third kappa shape index (κ3) is 1.26. The molecular formula is C9H11BrO4. The Hall–Kier alpha value is -0.580. The van der Waals surface area contributed by atoms with E-state index in [1.165, 1.54) is 0 Å². The van der Waals surface area contributed by atoms with Crippen molar-refractivity contribution in [3.05, 3.63) is 0 Å². The lowest BCUT2D eigenvalue weighted by atomic mass is 9.73. The monoisotopic (exact) mass is 262 g/mol. The molecule has 1 heterocycles. The quantitative estimate of drug-likeness (QED) is 0.567. The van der Waals surface area contributed by atoms with Gasteiger partial charge in [-0.2, -0.15) is 0 Å². The Labute approximate surface area is 89.7 Å². The molecule has 1 aliphatic heterocycles. The summed E-state index contributed by atoms with van der Waals surface area (Å²) in [4.78, 5) is 22.3. The molecule has 0 aromatic carbocycles. The highest BCUT2D eigenvalue weighted by atomic mass is 79.9. The second kappa shape index (κ2) is 3.22. The summed E-state index contributed by atoms with van der Waals surface area (Å²) in [6.45, 7) is 1.85. The normalized spacial score (nSPS) is 46.1. The zero-order valence-corrected chi connectivity index (χ0v) is 9.23. The number of carbonyl (C=O) groups excluding carboxylic acids is 1. The van der Waals surface area contributed by atoms with Crippen LogP contribution in [-0.2, 0) is 14.3 Å². The minimum atomic E-state index is -0.899. The van der Waals surface area contributed by atoms with Crippen LogP contribution < -0.4 is 0 Å². The Bertz CT molecular complexity index is 291. The highest BCUT2D eigenvalue weighted by Gasteiger charge is 2.54. The van der Waals surface area contributed by atoms with Crippen molar-refractivity contribution in [2.75, 3.05) is 0 Å². The number of ether oxygens (including phenoxy) is 1. The van der Waals surface area contributed by atoms with E-state index in [1.54, 1.807) is 0 Å². The lowest BCUT2D eigenvalue weighted by Gasteiger charge is -2.32. The van der Waals surface area contributed by atoms with Gasteiger partial charge in [0.05, 0.1) is 16.7 Å². The molecule has 4 nitrogen and oxygen atoms in total. The van der Waals surface area contributed by atoms with Gasteiger partial charge in [-0.25, -0.2) is 0 Å². The van der Waals surface area contributed by atoms with Crippen LogP contribution >= 0.6 is 15.9 Å². The number of hydrogen-bond donors (Lipinski definition) is 1. The van der Waals surface area contributed by atoms with Crippen LogP contribution in [0.3, 0.4) is 0 Å². The Morgan fingerprint density at radius 3 is 2.86 bits per heavy atom. The number of alkyl halides is 1. The van der Waals surface area contributed by atoms with Crippen LogP contribution in [0.2, 0.25) is 0 Å². The molecule has 2 rings (SSSR count). The van der Waals surface area contributed by atoms with Crippen LogP contribution in [0.5, 0.6) is 0 Å². The van der Waals surface area contributed by atoms with Gasteiger partial charge in [-0.15, -0.1) is 0 Å². The van der Waals surface area contributed by atoms with E-state index < -0.39 is 17.8 Å². The molecule has 0 aromatic heterocycles. The lowest BCUT2D eigenvalue weighted by Crippen LogP contribution is -2.42. The molecule has 14 heavy (non-hydrogen) atoms. The fraction of sp³-hybridized carbons (Fsp3) is 0.778. The van der Waals surface area contributed by atoms with Gasteiger partial charge in [-0.05, 0) is 12.3 Å². The molecule has 1 aliphatic carbocycles. The van der Waals surface area contributed by atoms with Crippen molar-refractivity contribution in [1.82, 2.24) is 0 Å². The summed E-state index contributed by atoms with van der Waals surface area (Å²) in [5.74, 6) is -2.37. The maximum Gasteiger partial charge on any atom is 0.310 e. The Kier molecular flexibility index (Phi) is 2.29. The van der Waals surface area contributed by atoms with Crippen molar-refractivity contribution in [1.29, 1.82) is 0 Å². The van der Waals surface area contributed by atoms with Crippen LogP contribution in [0, 0.1) is 17.8 Å². The van der Waals surface area contributed by atoms with Gasteiger partial charge in [0.1, 0.15) is 6.10 Å². The zero-order valence-electron chi connectivity index (χ0n) is 7.64. The highest BCUT2D eigenvalue weighted by Crippen LogP contribution is 2.45. The largest absolute Gasteiger partial charge is 0.481 e. The third-order valence-corrected chi connectivity index (χ3v) is 4.62. The molecule has 0 amide bonds. The first kappa shape index (κ1) is 9.96. The van der Waals surface area contributed by atoms with E-state index in [0.717, 1.165) is 0 Å². The van der Waals surface area contributed by atoms with E-state index >= 15 is 0 Å². The average molecular weight is 263 g/mol. The summed E-state index contributed by atoms with van der Waals surface area (Å²) in [6.07, 6.45) is 0.397. The van der Waals surface area contributed by atoms with Crippen molar-refractivity contribution in [2.45, 2.75) is 24.3 Å². The van der Waals surface area contributed by atoms with Crippen LogP contribution in [0.15, 0.2) is 0 Å². The van der Waals surface area contributed by atoms with Gasteiger partial charge in [-0.3, -0.25) is 9.59 Å². The number of halogens is 1. The number of carboxylic acids is 1. The van der Waals surface area contributed by atoms with Gasteiger partial charge < -0.3 is 9.84 Å². The second-order valence-corrected chi connectivity index (χ2v) is 5.04. The van der Waals surface area contributed by atoms with Crippen molar-refractivity contribution in [2.24, 2.45) is 17.8 Å². The second-order valence-electron chi connectivity index (χ2n) is 3.99. The maximum atomic E-state index is 11.4. The number of fused-ring (bicyclic) bond motifs is 2. The van der Waals surface area contributed by atoms with Gasteiger partial charge in [0.15, 0.2) is 0 Å². The van der Waals surface area contributed by atoms with Gasteiger partial charge >= 0.3 is 11.9 Å². The molecule has 0 radical (unpaired) electrons. The molecule has 1 saturated carbocycles. The average Bonchev–Trinajstić information content (AvgIpc) is 2.42. The first-order chi connectivity index (χ1) is 6.52. The number of carbonyl (C=O) groups is 2. The Morgan fingerprint density at radius 2 is 2.29 bits per heavy atom. The van der Waals surface area contributed by atoms with Gasteiger partial charge in [0.2, 0.25) is 0 Å². The fourth-order valence-electron chi connectivity index (χ4n) is 2.42. The molecule has 0 spiro atoms. The summed E-state index contributed by atoms with van der Waals surface area (Å²) in [6, 6.07) is 0. The van der Waals surface area contributed by atoms with Crippen LogP contribution in [0.25, 0.3) is 0 Å². The first-order valence-electron chi connectivity index (χ1n) is 4.59. The highest BCUT2D eigenvalue weighted by molar-refractivity contribution is 9.09. The number of esters is 1. The molecule has 5 atom stereocenters. The van der Waals surface area contributed by atoms with Crippen LogP contribution in [-0.4, -0.2) is 28.0 Å². The minimum absolute atomic E-state index is 0.0358. The smallest absolute Gasteiger partial charge is 0.310 e. The molecule has 78 valence electrons. The summed E-state index contributed by atoms with van der Waals surface area (Å²) in [7, 11) is 0.